The third-order valence-electron chi connectivity index (χ3n) is 6.84. The molecule has 0 radical (unpaired) electrons. The third kappa shape index (κ3) is 2.57. The highest BCUT2D eigenvalue weighted by atomic mass is 14.1. The predicted molar refractivity (Wildman–Crippen MR) is 142 cm³/mol. The fraction of sp³-hybridized carbons (Fsp3) is 0. The Balaban J connectivity index is 1.53. The molecule has 7 aromatic carbocycles. The molecule has 0 heteroatoms. The lowest BCUT2D eigenvalue weighted by Gasteiger charge is -2.09. The molecule has 0 spiro atoms. The zero-order valence-corrected chi connectivity index (χ0v) is 17.7. The zero-order valence-electron chi connectivity index (χ0n) is 17.7. The summed E-state index contributed by atoms with van der Waals surface area (Å²) < 4.78 is 0. The van der Waals surface area contributed by atoms with Gasteiger partial charge in [0, 0.05) is 0 Å². The van der Waals surface area contributed by atoms with Crippen molar-refractivity contribution in [1.29, 1.82) is 0 Å². The molecule has 32 heavy (non-hydrogen) atoms. The van der Waals surface area contributed by atoms with Crippen LogP contribution in [0.15, 0.2) is 97.1 Å². The summed E-state index contributed by atoms with van der Waals surface area (Å²) in [5, 5.41) is 17.2. The van der Waals surface area contributed by atoms with Gasteiger partial charge in [-0.1, -0.05) is 37.4 Å². The van der Waals surface area contributed by atoms with Gasteiger partial charge in [-0.15, -0.1) is 0 Å². The van der Waals surface area contributed by atoms with Crippen molar-refractivity contribution in [3.63, 3.8) is 0 Å². The number of hydrogen-bond acceptors (Lipinski definition) is 0. The molecule has 0 saturated heterocycles. The van der Waals surface area contributed by atoms with Gasteiger partial charge in [0.05, 0.1) is 0 Å². The fourth-order valence-electron chi connectivity index (χ4n) is 5.09. The van der Waals surface area contributed by atoms with Crippen LogP contribution in [0.2, 0.25) is 0 Å². The Morgan fingerprint density at radius 2 is 0.500 bits per heavy atom. The van der Waals surface area contributed by atoms with E-state index in [0.29, 0.717) is 0 Å². The van der Waals surface area contributed by atoms with Crippen LogP contribution in [0.25, 0.3) is 77.8 Å². The van der Waals surface area contributed by atoms with E-state index in [-0.39, 0.29) is 0 Å². The van der Waals surface area contributed by atoms with Crippen LogP contribution in [0.3, 0.4) is 0 Å². The summed E-state index contributed by atoms with van der Waals surface area (Å²) in [6.07, 6.45) is 0. The van der Waals surface area contributed by atoms with Gasteiger partial charge in [-0.3, -0.25) is 0 Å². The van der Waals surface area contributed by atoms with E-state index in [1.165, 1.54) is 64.6 Å². The molecular formula is C32H20. The van der Waals surface area contributed by atoms with Crippen LogP contribution >= 0.6 is 0 Å². The molecule has 0 aliphatic rings. The summed E-state index contributed by atoms with van der Waals surface area (Å²) >= 11 is 0. The van der Waals surface area contributed by atoms with Gasteiger partial charge in [-0.25, -0.2) is 0 Å². The molecule has 0 nitrogen and oxygen atoms in total. The first-order valence-corrected chi connectivity index (χ1v) is 11.0. The summed E-state index contributed by atoms with van der Waals surface area (Å²) in [5.74, 6) is 0. The van der Waals surface area contributed by atoms with Crippen molar-refractivity contribution in [1.82, 2.24) is 0 Å². The lowest BCUT2D eigenvalue weighted by atomic mass is 9.95. The SMILES string of the molecule is C=c1cc2cc3cc4cc5cc6cc7ccccc7cc6cc5cc4cc3cc2cc1=C. The predicted octanol–water partition coefficient (Wildman–Crippen LogP) is 7.43. The maximum atomic E-state index is 4.12. The van der Waals surface area contributed by atoms with Crippen LogP contribution in [0.1, 0.15) is 0 Å². The molecule has 0 heterocycles. The number of hydrogen-bond donors (Lipinski definition) is 0. The van der Waals surface area contributed by atoms with Crippen molar-refractivity contribution in [3.05, 3.63) is 107 Å². The van der Waals surface area contributed by atoms with E-state index in [1.54, 1.807) is 0 Å². The molecule has 0 saturated carbocycles. The van der Waals surface area contributed by atoms with Gasteiger partial charge in [0.15, 0.2) is 0 Å². The van der Waals surface area contributed by atoms with Crippen molar-refractivity contribution in [2.75, 3.05) is 0 Å². The van der Waals surface area contributed by atoms with Crippen LogP contribution < -0.4 is 10.4 Å². The Bertz CT molecular complexity index is 1860. The lowest BCUT2D eigenvalue weighted by molar-refractivity contribution is 1.61. The Kier molecular flexibility index (Phi) is 3.38. The normalized spacial score (nSPS) is 12.0. The van der Waals surface area contributed by atoms with Gasteiger partial charge in [0.1, 0.15) is 0 Å². The molecule has 0 aromatic heterocycles. The minimum atomic E-state index is 0.989. The quantitative estimate of drug-likeness (QED) is 0.231. The molecule has 0 aliphatic heterocycles. The van der Waals surface area contributed by atoms with Crippen molar-refractivity contribution >= 4 is 77.8 Å². The minimum Gasteiger partial charge on any atom is -0.0912 e. The van der Waals surface area contributed by atoms with Gasteiger partial charge in [-0.05, 0) is 148 Å². The van der Waals surface area contributed by atoms with Gasteiger partial charge in [0.25, 0.3) is 0 Å². The second-order valence-electron chi connectivity index (χ2n) is 8.96. The van der Waals surface area contributed by atoms with E-state index in [9.17, 15) is 0 Å². The van der Waals surface area contributed by atoms with E-state index < -0.39 is 0 Å². The highest BCUT2D eigenvalue weighted by Gasteiger charge is 2.06. The molecule has 0 bridgehead atoms. The smallest absolute Gasteiger partial charge is 0.0171 e. The van der Waals surface area contributed by atoms with E-state index in [4.69, 9.17) is 0 Å². The fourth-order valence-corrected chi connectivity index (χ4v) is 5.09. The summed E-state index contributed by atoms with van der Waals surface area (Å²) in [5.41, 5.74) is 0. The maximum Gasteiger partial charge on any atom is -0.0171 e. The molecular weight excluding hydrogens is 384 g/mol. The Morgan fingerprint density at radius 3 is 0.781 bits per heavy atom. The van der Waals surface area contributed by atoms with Crippen molar-refractivity contribution in [2.45, 2.75) is 0 Å². The summed E-state index contributed by atoms with van der Waals surface area (Å²) in [6.45, 7) is 8.23. The molecule has 7 aromatic rings. The highest BCUT2D eigenvalue weighted by Crippen LogP contribution is 2.32. The molecule has 0 aliphatic carbocycles. The molecule has 0 fully saturated rings. The van der Waals surface area contributed by atoms with E-state index in [0.717, 1.165) is 10.4 Å². The van der Waals surface area contributed by atoms with Crippen LogP contribution in [-0.4, -0.2) is 0 Å². The molecule has 7 rings (SSSR count). The highest BCUT2D eigenvalue weighted by molar-refractivity contribution is 6.11. The van der Waals surface area contributed by atoms with Crippen molar-refractivity contribution in [3.8, 4) is 0 Å². The minimum absolute atomic E-state index is 0.989. The van der Waals surface area contributed by atoms with Crippen LogP contribution in [0, 0.1) is 0 Å². The summed E-state index contributed by atoms with van der Waals surface area (Å²) in [7, 11) is 0. The largest absolute Gasteiger partial charge is 0.0912 e. The second-order valence-corrected chi connectivity index (χ2v) is 8.96. The first kappa shape index (κ1) is 17.5. The van der Waals surface area contributed by atoms with E-state index in [1.807, 2.05) is 0 Å². The Hall–Kier alpha value is -4.16. The Morgan fingerprint density at radius 1 is 0.281 bits per heavy atom. The molecule has 0 N–H and O–H groups in total. The van der Waals surface area contributed by atoms with Gasteiger partial charge >= 0.3 is 0 Å². The molecule has 148 valence electrons. The first-order chi connectivity index (χ1) is 15.6. The number of benzene rings is 7. The summed E-state index contributed by atoms with van der Waals surface area (Å²) in [4.78, 5) is 0. The molecule has 0 atom stereocenters. The standard InChI is InChI=1S/C32H20/c1-19-7-23-11-27-15-31-17-29-13-25-9-21-5-3-4-6-22(21)10-26(25)14-30(29)18-32(31)16-28(27)12-24(23)8-20(19)2/h3-18H,1-2H2. The number of rotatable bonds is 0. The average Bonchev–Trinajstić information content (AvgIpc) is 2.78. The Labute approximate surface area is 185 Å². The van der Waals surface area contributed by atoms with Gasteiger partial charge in [-0.2, -0.15) is 0 Å². The number of fused-ring (bicyclic) bond motifs is 6. The second kappa shape index (κ2) is 6.18. The monoisotopic (exact) mass is 404 g/mol. The van der Waals surface area contributed by atoms with Gasteiger partial charge < -0.3 is 0 Å². The maximum absolute atomic E-state index is 4.12. The van der Waals surface area contributed by atoms with Gasteiger partial charge in [0.2, 0.25) is 0 Å². The molecule has 0 unspecified atom stereocenters. The lowest BCUT2D eigenvalue weighted by Crippen LogP contribution is -2.20. The summed E-state index contributed by atoms with van der Waals surface area (Å²) in [6, 6.07) is 35.9. The average molecular weight is 405 g/mol. The van der Waals surface area contributed by atoms with Crippen molar-refractivity contribution < 1.29 is 0 Å². The van der Waals surface area contributed by atoms with E-state index in [2.05, 4.69) is 110 Å². The van der Waals surface area contributed by atoms with E-state index >= 15 is 0 Å². The van der Waals surface area contributed by atoms with Crippen molar-refractivity contribution in [2.24, 2.45) is 0 Å². The van der Waals surface area contributed by atoms with Crippen LogP contribution in [-0.2, 0) is 0 Å². The van der Waals surface area contributed by atoms with Crippen LogP contribution in [0.4, 0.5) is 0 Å². The first-order valence-electron chi connectivity index (χ1n) is 11.0. The topological polar surface area (TPSA) is 0 Å². The third-order valence-corrected chi connectivity index (χ3v) is 6.84. The molecule has 0 amide bonds. The van der Waals surface area contributed by atoms with Crippen LogP contribution in [0.5, 0.6) is 0 Å². The zero-order chi connectivity index (χ0) is 21.4.